The zero-order valence-electron chi connectivity index (χ0n) is 8.45. The fourth-order valence-electron chi connectivity index (χ4n) is 1.71. The van der Waals surface area contributed by atoms with Crippen LogP contribution in [0.4, 0.5) is 0 Å². The van der Waals surface area contributed by atoms with Crippen molar-refractivity contribution in [2.45, 2.75) is 24.9 Å². The molecule has 0 saturated heterocycles. The van der Waals surface area contributed by atoms with Crippen LogP contribution in [0.5, 0.6) is 0 Å². The Bertz CT molecular complexity index is 479. The van der Waals surface area contributed by atoms with Crippen LogP contribution < -0.4 is 0 Å². The molecule has 1 saturated carbocycles. The van der Waals surface area contributed by atoms with Crippen LogP contribution in [0, 0.1) is 0 Å². The summed E-state index contributed by atoms with van der Waals surface area (Å²) >= 11 is 0. The lowest BCUT2D eigenvalue weighted by Gasteiger charge is -2.27. The first kappa shape index (κ1) is 9.41. The van der Waals surface area contributed by atoms with Crippen molar-refractivity contribution in [3.05, 3.63) is 24.5 Å². The molecule has 0 unspecified atom stereocenters. The van der Waals surface area contributed by atoms with Crippen LogP contribution in [0.2, 0.25) is 0 Å². The second kappa shape index (κ2) is 3.64. The maximum Gasteiger partial charge on any atom is 0.230 e. The van der Waals surface area contributed by atoms with Crippen LogP contribution in [0.15, 0.2) is 23.1 Å². The van der Waals surface area contributed by atoms with Gasteiger partial charge in [-0.25, -0.2) is 4.98 Å². The van der Waals surface area contributed by atoms with Crippen molar-refractivity contribution in [3.8, 4) is 11.5 Å². The standard InChI is InChI=1S/C10H10N4O2/c15-7-3-6(4-7)10-13-9(14-16-10)8-5-11-1-2-12-8/h1-2,5-7,15H,3-4H2. The molecular weight excluding hydrogens is 208 g/mol. The highest BCUT2D eigenvalue weighted by molar-refractivity contribution is 5.45. The van der Waals surface area contributed by atoms with Crippen molar-refractivity contribution in [1.82, 2.24) is 20.1 Å². The second-order valence-corrected chi connectivity index (χ2v) is 3.87. The SMILES string of the molecule is OC1CC(c2nc(-c3cnccn3)no2)C1. The Kier molecular flexibility index (Phi) is 2.14. The summed E-state index contributed by atoms with van der Waals surface area (Å²) in [6.45, 7) is 0. The number of rotatable bonds is 2. The number of hydrogen-bond acceptors (Lipinski definition) is 6. The first-order valence-corrected chi connectivity index (χ1v) is 5.11. The predicted octanol–water partition coefficient (Wildman–Crippen LogP) is 0.765. The number of aromatic nitrogens is 4. The van der Waals surface area contributed by atoms with Crippen molar-refractivity contribution < 1.29 is 9.63 Å². The Morgan fingerprint density at radius 3 is 2.88 bits per heavy atom. The van der Waals surface area contributed by atoms with E-state index in [0.29, 0.717) is 30.3 Å². The third kappa shape index (κ3) is 1.57. The van der Waals surface area contributed by atoms with Crippen molar-refractivity contribution in [2.75, 3.05) is 0 Å². The van der Waals surface area contributed by atoms with E-state index in [1.807, 2.05) is 0 Å². The van der Waals surface area contributed by atoms with Crippen LogP contribution in [-0.2, 0) is 0 Å². The van der Waals surface area contributed by atoms with Gasteiger partial charge in [0.25, 0.3) is 0 Å². The molecule has 3 rings (SSSR count). The molecule has 1 aliphatic rings. The molecule has 0 atom stereocenters. The van der Waals surface area contributed by atoms with Gasteiger partial charge in [0.2, 0.25) is 11.7 Å². The van der Waals surface area contributed by atoms with Crippen molar-refractivity contribution in [2.24, 2.45) is 0 Å². The summed E-state index contributed by atoms with van der Waals surface area (Å²) < 4.78 is 5.13. The first-order valence-electron chi connectivity index (χ1n) is 5.11. The fourth-order valence-corrected chi connectivity index (χ4v) is 1.71. The highest BCUT2D eigenvalue weighted by Crippen LogP contribution is 2.36. The van der Waals surface area contributed by atoms with Crippen LogP contribution in [0.1, 0.15) is 24.7 Å². The third-order valence-electron chi connectivity index (χ3n) is 2.70. The molecule has 16 heavy (non-hydrogen) atoms. The van der Waals surface area contributed by atoms with Gasteiger partial charge in [-0.15, -0.1) is 0 Å². The number of hydrogen-bond donors (Lipinski definition) is 1. The normalized spacial score (nSPS) is 24.1. The van der Waals surface area contributed by atoms with E-state index in [9.17, 15) is 5.11 Å². The number of nitrogens with zero attached hydrogens (tertiary/aromatic N) is 4. The van der Waals surface area contributed by atoms with Gasteiger partial charge in [-0.05, 0) is 12.8 Å². The van der Waals surface area contributed by atoms with E-state index in [1.165, 1.54) is 0 Å². The van der Waals surface area contributed by atoms with Gasteiger partial charge in [0.1, 0.15) is 5.69 Å². The minimum absolute atomic E-state index is 0.188. The Morgan fingerprint density at radius 2 is 2.19 bits per heavy atom. The molecule has 2 heterocycles. The smallest absolute Gasteiger partial charge is 0.230 e. The molecule has 0 radical (unpaired) electrons. The zero-order valence-corrected chi connectivity index (χ0v) is 8.45. The summed E-state index contributed by atoms with van der Waals surface area (Å²) in [6, 6.07) is 0. The number of aliphatic hydroxyl groups excluding tert-OH is 1. The summed E-state index contributed by atoms with van der Waals surface area (Å²) in [5.74, 6) is 1.21. The Balaban J connectivity index is 1.83. The average Bonchev–Trinajstić information content (AvgIpc) is 2.75. The maximum absolute atomic E-state index is 9.19. The monoisotopic (exact) mass is 218 g/mol. The highest BCUT2D eigenvalue weighted by atomic mass is 16.5. The molecule has 0 bridgehead atoms. The Hall–Kier alpha value is -1.82. The van der Waals surface area contributed by atoms with Crippen LogP contribution in [0.25, 0.3) is 11.5 Å². The molecule has 0 aliphatic heterocycles. The second-order valence-electron chi connectivity index (χ2n) is 3.87. The molecule has 6 nitrogen and oxygen atoms in total. The molecule has 6 heteroatoms. The van der Waals surface area contributed by atoms with Gasteiger partial charge in [0, 0.05) is 18.3 Å². The summed E-state index contributed by atoms with van der Waals surface area (Å²) in [5, 5.41) is 13.0. The topological polar surface area (TPSA) is 84.9 Å². The van der Waals surface area contributed by atoms with Crippen molar-refractivity contribution in [3.63, 3.8) is 0 Å². The molecule has 0 amide bonds. The lowest BCUT2D eigenvalue weighted by Crippen LogP contribution is -2.26. The quantitative estimate of drug-likeness (QED) is 0.801. The van der Waals surface area contributed by atoms with E-state index in [0.717, 1.165) is 0 Å². The summed E-state index contributed by atoms with van der Waals surface area (Å²) in [5.41, 5.74) is 0.595. The van der Waals surface area contributed by atoms with E-state index >= 15 is 0 Å². The Labute approximate surface area is 91.4 Å². The molecule has 0 aromatic carbocycles. The molecule has 1 N–H and O–H groups in total. The minimum atomic E-state index is -0.225. The first-order chi connectivity index (χ1) is 7.83. The van der Waals surface area contributed by atoms with E-state index in [4.69, 9.17) is 4.52 Å². The van der Waals surface area contributed by atoms with E-state index in [2.05, 4.69) is 20.1 Å². The molecule has 2 aromatic rings. The van der Waals surface area contributed by atoms with E-state index < -0.39 is 0 Å². The lowest BCUT2D eigenvalue weighted by atomic mass is 9.82. The van der Waals surface area contributed by atoms with Gasteiger partial charge < -0.3 is 9.63 Å². The molecule has 1 fully saturated rings. The molecule has 2 aromatic heterocycles. The van der Waals surface area contributed by atoms with Crippen molar-refractivity contribution in [1.29, 1.82) is 0 Å². The molecular formula is C10H10N4O2. The van der Waals surface area contributed by atoms with Crippen LogP contribution in [-0.4, -0.2) is 31.3 Å². The van der Waals surface area contributed by atoms with Crippen molar-refractivity contribution >= 4 is 0 Å². The third-order valence-corrected chi connectivity index (χ3v) is 2.70. The average molecular weight is 218 g/mol. The highest BCUT2D eigenvalue weighted by Gasteiger charge is 2.33. The van der Waals surface area contributed by atoms with Crippen LogP contribution >= 0.6 is 0 Å². The molecule has 1 aliphatic carbocycles. The van der Waals surface area contributed by atoms with Gasteiger partial charge in [0.15, 0.2) is 0 Å². The van der Waals surface area contributed by atoms with Gasteiger partial charge in [-0.3, -0.25) is 4.98 Å². The lowest BCUT2D eigenvalue weighted by molar-refractivity contribution is 0.0625. The largest absolute Gasteiger partial charge is 0.393 e. The summed E-state index contributed by atoms with van der Waals surface area (Å²) in [4.78, 5) is 12.3. The Morgan fingerprint density at radius 1 is 1.31 bits per heavy atom. The van der Waals surface area contributed by atoms with E-state index in [-0.39, 0.29) is 12.0 Å². The molecule has 82 valence electrons. The van der Waals surface area contributed by atoms with Gasteiger partial charge in [-0.1, -0.05) is 5.16 Å². The van der Waals surface area contributed by atoms with E-state index in [1.54, 1.807) is 18.6 Å². The fraction of sp³-hybridized carbons (Fsp3) is 0.400. The van der Waals surface area contributed by atoms with Gasteiger partial charge in [-0.2, -0.15) is 4.98 Å². The zero-order chi connectivity index (χ0) is 11.0. The maximum atomic E-state index is 9.19. The van der Waals surface area contributed by atoms with Crippen LogP contribution in [0.3, 0.4) is 0 Å². The predicted molar refractivity (Wildman–Crippen MR) is 53.3 cm³/mol. The molecule has 0 spiro atoms. The minimum Gasteiger partial charge on any atom is -0.393 e. The number of aliphatic hydroxyl groups is 1. The van der Waals surface area contributed by atoms with Gasteiger partial charge >= 0.3 is 0 Å². The van der Waals surface area contributed by atoms with Gasteiger partial charge in [0.05, 0.1) is 12.3 Å². The summed E-state index contributed by atoms with van der Waals surface area (Å²) in [6.07, 6.45) is 5.93. The summed E-state index contributed by atoms with van der Waals surface area (Å²) in [7, 11) is 0.